The number of aromatic hydroxyl groups is 1. The molecular weight excluding hydrogens is 430 g/mol. The zero-order chi connectivity index (χ0) is 23.5. The number of carboxylic acid groups (broad SMARTS) is 1. The summed E-state index contributed by atoms with van der Waals surface area (Å²) in [6.07, 6.45) is -0.975. The van der Waals surface area contributed by atoms with Gasteiger partial charge in [0.05, 0.1) is 21.9 Å². The van der Waals surface area contributed by atoms with Gasteiger partial charge < -0.3 is 20.4 Å². The molecule has 0 bridgehead atoms. The Morgan fingerprint density at radius 1 is 1.06 bits per heavy atom. The van der Waals surface area contributed by atoms with E-state index in [9.17, 15) is 29.9 Å². The Morgan fingerprint density at radius 2 is 1.79 bits per heavy atom. The summed E-state index contributed by atoms with van der Waals surface area (Å²) >= 11 is 0. The lowest BCUT2D eigenvalue weighted by Gasteiger charge is -2.37. The Morgan fingerprint density at radius 3 is 2.52 bits per heavy atom. The Balaban J connectivity index is 1.70. The maximum atomic E-state index is 13.0. The van der Waals surface area contributed by atoms with E-state index in [1.807, 2.05) is 0 Å². The van der Waals surface area contributed by atoms with Gasteiger partial charge in [0.1, 0.15) is 18.5 Å². The summed E-state index contributed by atoms with van der Waals surface area (Å²) < 4.78 is 0. The predicted octanol–water partition coefficient (Wildman–Crippen LogP) is 4.37. The number of anilines is 1. The fraction of sp³-hybridized carbons (Fsp3) is 0.0909. The van der Waals surface area contributed by atoms with Gasteiger partial charge in [0, 0.05) is 23.4 Å². The number of rotatable bonds is 6. The predicted molar refractivity (Wildman–Crippen MR) is 117 cm³/mol. The lowest BCUT2D eigenvalue weighted by molar-refractivity contribution is -0.384. The highest BCUT2D eigenvalue weighted by Crippen LogP contribution is 2.38. The number of para-hydroxylation sites is 1. The SMILES string of the molecule is O=C(O)CN1C(=O)c2ccccc2NC1c1cc(N=Nc2cccc([N+](=O)[O-])c2)ccc1O. The number of fused-ring (bicyclic) bond motifs is 1. The monoisotopic (exact) mass is 447 g/mol. The highest BCUT2D eigenvalue weighted by atomic mass is 16.6. The van der Waals surface area contributed by atoms with Gasteiger partial charge in [-0.1, -0.05) is 18.2 Å². The van der Waals surface area contributed by atoms with E-state index in [4.69, 9.17) is 0 Å². The molecule has 33 heavy (non-hydrogen) atoms. The molecule has 1 unspecified atom stereocenters. The molecule has 1 aliphatic heterocycles. The molecule has 3 aromatic rings. The number of nitrogens with one attached hydrogen (secondary N) is 1. The minimum atomic E-state index is -1.21. The van der Waals surface area contributed by atoms with Crippen LogP contribution in [0.15, 0.2) is 77.0 Å². The number of non-ortho nitro benzene ring substituents is 1. The van der Waals surface area contributed by atoms with Crippen LogP contribution in [0.3, 0.4) is 0 Å². The maximum absolute atomic E-state index is 13.0. The van der Waals surface area contributed by atoms with Crippen molar-refractivity contribution in [3.8, 4) is 5.75 Å². The first-order chi connectivity index (χ1) is 15.8. The van der Waals surface area contributed by atoms with Crippen molar-refractivity contribution in [2.24, 2.45) is 10.2 Å². The van der Waals surface area contributed by atoms with E-state index in [1.54, 1.807) is 30.3 Å². The molecule has 1 atom stereocenters. The zero-order valence-corrected chi connectivity index (χ0v) is 17.0. The number of hydrogen-bond acceptors (Lipinski definition) is 8. The third-order valence-electron chi connectivity index (χ3n) is 4.96. The van der Waals surface area contributed by atoms with Crippen LogP contribution < -0.4 is 5.32 Å². The molecular formula is C22H17N5O6. The molecule has 0 saturated carbocycles. The number of nitrogens with zero attached hydrogens (tertiary/aromatic N) is 4. The summed E-state index contributed by atoms with van der Waals surface area (Å²) in [5.41, 5.74) is 1.44. The second-order valence-corrected chi connectivity index (χ2v) is 7.14. The van der Waals surface area contributed by atoms with Crippen molar-refractivity contribution in [1.82, 2.24) is 4.90 Å². The van der Waals surface area contributed by atoms with Gasteiger partial charge in [-0.25, -0.2) is 0 Å². The highest BCUT2D eigenvalue weighted by molar-refractivity contribution is 6.02. The van der Waals surface area contributed by atoms with E-state index in [0.717, 1.165) is 4.90 Å². The van der Waals surface area contributed by atoms with Crippen LogP contribution in [0.2, 0.25) is 0 Å². The number of nitro groups is 1. The zero-order valence-electron chi connectivity index (χ0n) is 17.0. The first-order valence-electron chi connectivity index (χ1n) is 9.71. The van der Waals surface area contributed by atoms with Crippen LogP contribution in [0.5, 0.6) is 5.75 Å². The second-order valence-electron chi connectivity index (χ2n) is 7.14. The largest absolute Gasteiger partial charge is 0.508 e. The van der Waals surface area contributed by atoms with Crippen molar-refractivity contribution in [2.45, 2.75) is 6.17 Å². The molecule has 3 N–H and O–H groups in total. The molecule has 0 aliphatic carbocycles. The van der Waals surface area contributed by atoms with E-state index in [2.05, 4.69) is 15.5 Å². The van der Waals surface area contributed by atoms with Crippen molar-refractivity contribution in [3.05, 3.63) is 88.0 Å². The molecule has 1 heterocycles. The fourth-order valence-corrected chi connectivity index (χ4v) is 3.45. The van der Waals surface area contributed by atoms with E-state index in [-0.39, 0.29) is 28.4 Å². The van der Waals surface area contributed by atoms with Gasteiger partial charge in [0.25, 0.3) is 11.6 Å². The molecule has 0 fully saturated rings. The van der Waals surface area contributed by atoms with Gasteiger partial charge in [0.15, 0.2) is 0 Å². The lowest BCUT2D eigenvalue weighted by Crippen LogP contribution is -2.45. The molecule has 3 aromatic carbocycles. The van der Waals surface area contributed by atoms with Crippen LogP contribution in [-0.4, -0.2) is 38.5 Å². The Bertz CT molecular complexity index is 1290. The molecule has 166 valence electrons. The lowest BCUT2D eigenvalue weighted by atomic mass is 10.0. The Hall–Kier alpha value is -4.80. The second kappa shape index (κ2) is 8.75. The fourth-order valence-electron chi connectivity index (χ4n) is 3.45. The van der Waals surface area contributed by atoms with Crippen molar-refractivity contribution >= 4 is 34.6 Å². The van der Waals surface area contributed by atoms with Crippen molar-refractivity contribution in [2.75, 3.05) is 11.9 Å². The first-order valence-corrected chi connectivity index (χ1v) is 9.71. The summed E-state index contributed by atoms with van der Waals surface area (Å²) in [4.78, 5) is 35.9. The highest BCUT2D eigenvalue weighted by Gasteiger charge is 2.35. The number of carboxylic acids is 1. The van der Waals surface area contributed by atoms with Crippen LogP contribution >= 0.6 is 0 Å². The van der Waals surface area contributed by atoms with Gasteiger partial charge >= 0.3 is 5.97 Å². The minimum absolute atomic E-state index is 0.134. The third-order valence-corrected chi connectivity index (χ3v) is 4.96. The number of azo groups is 1. The van der Waals surface area contributed by atoms with E-state index in [0.29, 0.717) is 11.3 Å². The number of carbonyl (C=O) groups is 2. The summed E-state index contributed by atoms with van der Waals surface area (Å²) in [7, 11) is 0. The summed E-state index contributed by atoms with van der Waals surface area (Å²) in [5.74, 6) is -1.89. The topological polar surface area (TPSA) is 158 Å². The summed E-state index contributed by atoms with van der Waals surface area (Å²) in [6, 6.07) is 16.6. The van der Waals surface area contributed by atoms with E-state index >= 15 is 0 Å². The number of hydrogen-bond donors (Lipinski definition) is 3. The molecule has 1 aliphatic rings. The molecule has 0 saturated heterocycles. The van der Waals surface area contributed by atoms with Crippen molar-refractivity contribution in [3.63, 3.8) is 0 Å². The number of benzene rings is 3. The quantitative estimate of drug-likeness (QED) is 0.287. The van der Waals surface area contributed by atoms with Gasteiger partial charge in [-0.05, 0) is 36.4 Å². The Kier molecular flexibility index (Phi) is 5.68. The normalized spacial score (nSPS) is 15.2. The van der Waals surface area contributed by atoms with Crippen LogP contribution in [0.4, 0.5) is 22.7 Å². The molecule has 0 spiro atoms. The average Bonchev–Trinajstić information content (AvgIpc) is 2.80. The Labute approximate surface area is 186 Å². The summed E-state index contributed by atoms with van der Waals surface area (Å²) in [5, 5.41) is 41.9. The van der Waals surface area contributed by atoms with E-state index in [1.165, 1.54) is 36.4 Å². The number of phenolic OH excluding ortho intramolecular Hbond substituents is 1. The number of aliphatic carboxylic acids is 1. The third kappa shape index (κ3) is 4.46. The van der Waals surface area contributed by atoms with Gasteiger partial charge in [-0.3, -0.25) is 19.7 Å². The number of phenols is 1. The smallest absolute Gasteiger partial charge is 0.323 e. The van der Waals surface area contributed by atoms with Gasteiger partial charge in [0.2, 0.25) is 0 Å². The van der Waals surface area contributed by atoms with Crippen molar-refractivity contribution < 1.29 is 24.7 Å². The van der Waals surface area contributed by atoms with Crippen LogP contribution in [0.1, 0.15) is 22.1 Å². The average molecular weight is 447 g/mol. The molecule has 11 heteroatoms. The minimum Gasteiger partial charge on any atom is -0.508 e. The van der Waals surface area contributed by atoms with Gasteiger partial charge in [-0.15, -0.1) is 0 Å². The van der Waals surface area contributed by atoms with Crippen LogP contribution in [-0.2, 0) is 4.79 Å². The van der Waals surface area contributed by atoms with E-state index < -0.39 is 29.5 Å². The molecule has 1 amide bonds. The van der Waals surface area contributed by atoms with Crippen LogP contribution in [0.25, 0.3) is 0 Å². The van der Waals surface area contributed by atoms with Crippen molar-refractivity contribution in [1.29, 1.82) is 0 Å². The van der Waals surface area contributed by atoms with Crippen LogP contribution in [0, 0.1) is 10.1 Å². The number of nitro benzene ring substituents is 1. The summed E-state index contributed by atoms with van der Waals surface area (Å²) in [6.45, 7) is -0.594. The molecule has 4 rings (SSSR count). The standard InChI is InChI=1S/C22H17N5O6/c28-19-9-8-14(25-24-13-4-3-5-15(10-13)27(32)33)11-17(19)21-23-18-7-2-1-6-16(18)22(31)26(21)12-20(29)30/h1-11,21,23,28H,12H2,(H,29,30). The van der Waals surface area contributed by atoms with Gasteiger partial charge in [-0.2, -0.15) is 10.2 Å². The molecule has 0 radical (unpaired) electrons. The maximum Gasteiger partial charge on any atom is 0.323 e. The molecule has 11 nitrogen and oxygen atoms in total. The number of amides is 1. The first kappa shape index (κ1) is 21.4. The molecule has 0 aromatic heterocycles. The number of carbonyl (C=O) groups excluding carboxylic acids is 1.